The molecule has 1 aliphatic heterocycles. The van der Waals surface area contributed by atoms with Crippen LogP contribution < -0.4 is 5.32 Å². The highest BCUT2D eigenvalue weighted by Gasteiger charge is 2.43. The van der Waals surface area contributed by atoms with E-state index in [1.165, 1.54) is 0 Å². The fourth-order valence-electron chi connectivity index (χ4n) is 1.20. The number of nitrogens with zero attached hydrogens (tertiary/aromatic N) is 1. The van der Waals surface area contributed by atoms with Crippen LogP contribution in [-0.4, -0.2) is 49.8 Å². The highest BCUT2D eigenvalue weighted by Crippen LogP contribution is 2.23. The van der Waals surface area contributed by atoms with E-state index in [2.05, 4.69) is 5.32 Å². The molecule has 2 unspecified atom stereocenters. The van der Waals surface area contributed by atoms with Gasteiger partial charge in [0.05, 0.1) is 13.7 Å². The van der Waals surface area contributed by atoms with Crippen molar-refractivity contribution in [3.8, 4) is 0 Å². The Morgan fingerprint density at radius 1 is 1.50 bits per heavy atom. The Labute approximate surface area is 95.8 Å². The maximum atomic E-state index is 11.3. The number of nitrogens with one attached hydrogen (secondary N) is 1. The number of ether oxygens (including phenoxy) is 2. The minimum absolute atomic E-state index is 0.0301. The molecule has 1 N–H and O–H groups in total. The summed E-state index contributed by atoms with van der Waals surface area (Å²) in [6, 6.07) is 0. The van der Waals surface area contributed by atoms with Crippen LogP contribution in [0.3, 0.4) is 0 Å². The van der Waals surface area contributed by atoms with Crippen molar-refractivity contribution < 1.29 is 19.1 Å². The number of likely N-dealkylation sites (N-methyl/N-ethyl adjacent to an activating group) is 1. The van der Waals surface area contributed by atoms with Gasteiger partial charge in [0.25, 0.3) is 0 Å². The smallest absolute Gasteiger partial charge is 0.407 e. The SMILES string of the molecule is CON(C)C1OC1CNC(=O)OC(C)(C)C. The number of rotatable bonds is 4. The minimum Gasteiger partial charge on any atom is -0.444 e. The lowest BCUT2D eigenvalue weighted by Gasteiger charge is -2.19. The molecule has 1 fully saturated rings. The van der Waals surface area contributed by atoms with Crippen LogP contribution in [-0.2, 0) is 14.3 Å². The molecule has 6 nitrogen and oxygen atoms in total. The molecule has 1 rings (SSSR count). The Kier molecular flexibility index (Phi) is 4.12. The molecule has 0 bridgehead atoms. The average Bonchev–Trinajstić information content (AvgIpc) is 2.90. The molecular formula is C10H20N2O4. The fourth-order valence-corrected chi connectivity index (χ4v) is 1.20. The van der Waals surface area contributed by atoms with Crippen LogP contribution in [0.25, 0.3) is 0 Å². The van der Waals surface area contributed by atoms with Crippen molar-refractivity contribution in [2.24, 2.45) is 0 Å². The number of hydrogen-bond acceptors (Lipinski definition) is 5. The Morgan fingerprint density at radius 2 is 2.12 bits per heavy atom. The number of alkyl carbamates (subject to hydrolysis) is 1. The maximum Gasteiger partial charge on any atom is 0.407 e. The fraction of sp³-hybridized carbons (Fsp3) is 0.900. The number of carbonyl (C=O) groups excluding carboxylic acids is 1. The van der Waals surface area contributed by atoms with Crippen LogP contribution in [0.5, 0.6) is 0 Å². The monoisotopic (exact) mass is 232 g/mol. The maximum absolute atomic E-state index is 11.3. The summed E-state index contributed by atoms with van der Waals surface area (Å²) in [5.74, 6) is 0. The van der Waals surface area contributed by atoms with Gasteiger partial charge in [0, 0.05) is 7.05 Å². The number of amides is 1. The molecule has 94 valence electrons. The highest BCUT2D eigenvalue weighted by molar-refractivity contribution is 5.67. The van der Waals surface area contributed by atoms with Gasteiger partial charge in [-0.25, -0.2) is 4.79 Å². The van der Waals surface area contributed by atoms with Crippen molar-refractivity contribution in [1.82, 2.24) is 10.4 Å². The summed E-state index contributed by atoms with van der Waals surface area (Å²) < 4.78 is 10.4. The van der Waals surface area contributed by atoms with E-state index in [0.29, 0.717) is 6.54 Å². The highest BCUT2D eigenvalue weighted by atomic mass is 16.7. The van der Waals surface area contributed by atoms with Crippen molar-refractivity contribution in [2.75, 3.05) is 20.7 Å². The molecule has 0 aromatic rings. The zero-order chi connectivity index (χ0) is 12.3. The van der Waals surface area contributed by atoms with Gasteiger partial charge in [-0.1, -0.05) is 0 Å². The van der Waals surface area contributed by atoms with E-state index in [1.807, 2.05) is 20.8 Å². The van der Waals surface area contributed by atoms with E-state index in [4.69, 9.17) is 14.3 Å². The molecule has 0 radical (unpaired) electrons. The van der Waals surface area contributed by atoms with Crippen LogP contribution in [0.2, 0.25) is 0 Å². The second kappa shape index (κ2) is 4.99. The Balaban J connectivity index is 2.15. The van der Waals surface area contributed by atoms with Gasteiger partial charge in [-0.3, -0.25) is 4.84 Å². The predicted molar refractivity (Wildman–Crippen MR) is 57.7 cm³/mol. The predicted octanol–water partition coefficient (Wildman–Crippen LogP) is 0.729. The van der Waals surface area contributed by atoms with Crippen molar-refractivity contribution >= 4 is 6.09 Å². The zero-order valence-corrected chi connectivity index (χ0v) is 10.4. The lowest BCUT2D eigenvalue weighted by atomic mass is 10.2. The van der Waals surface area contributed by atoms with Crippen LogP contribution in [0.4, 0.5) is 4.79 Å². The van der Waals surface area contributed by atoms with Crippen molar-refractivity contribution in [3.63, 3.8) is 0 Å². The molecule has 6 heteroatoms. The minimum atomic E-state index is -0.475. The van der Waals surface area contributed by atoms with Crippen LogP contribution in [0.15, 0.2) is 0 Å². The topological polar surface area (TPSA) is 63.3 Å². The van der Waals surface area contributed by atoms with Gasteiger partial charge in [0.1, 0.15) is 11.7 Å². The summed E-state index contributed by atoms with van der Waals surface area (Å²) in [5.41, 5.74) is -0.475. The Hall–Kier alpha value is -0.850. The molecule has 0 spiro atoms. The van der Waals surface area contributed by atoms with Gasteiger partial charge in [-0.05, 0) is 20.8 Å². The lowest BCUT2D eigenvalue weighted by molar-refractivity contribution is -0.138. The molecule has 16 heavy (non-hydrogen) atoms. The molecule has 1 aliphatic rings. The van der Waals surface area contributed by atoms with E-state index in [0.717, 1.165) is 0 Å². The summed E-state index contributed by atoms with van der Waals surface area (Å²) in [6.45, 7) is 5.89. The molecule has 0 aromatic carbocycles. The summed E-state index contributed by atoms with van der Waals surface area (Å²) in [4.78, 5) is 16.3. The first-order valence-corrected chi connectivity index (χ1v) is 5.23. The first-order valence-electron chi connectivity index (χ1n) is 5.23. The van der Waals surface area contributed by atoms with E-state index in [1.54, 1.807) is 19.2 Å². The molecular weight excluding hydrogens is 212 g/mol. The summed E-state index contributed by atoms with van der Waals surface area (Å²) in [5, 5.41) is 4.24. The van der Waals surface area contributed by atoms with Crippen LogP contribution >= 0.6 is 0 Å². The number of carbonyl (C=O) groups is 1. The summed E-state index contributed by atoms with van der Waals surface area (Å²) >= 11 is 0. The third-order valence-corrected chi connectivity index (χ3v) is 2.05. The van der Waals surface area contributed by atoms with Gasteiger partial charge in [-0.2, -0.15) is 5.06 Å². The normalized spacial score (nSPS) is 24.4. The van der Waals surface area contributed by atoms with Gasteiger partial charge < -0.3 is 14.8 Å². The van der Waals surface area contributed by atoms with Crippen molar-refractivity contribution in [1.29, 1.82) is 0 Å². The number of hydroxylamine groups is 2. The largest absolute Gasteiger partial charge is 0.444 e. The van der Waals surface area contributed by atoms with E-state index in [-0.39, 0.29) is 12.3 Å². The molecule has 1 amide bonds. The molecule has 1 saturated heterocycles. The number of epoxide rings is 1. The van der Waals surface area contributed by atoms with Gasteiger partial charge in [-0.15, -0.1) is 0 Å². The number of hydrogen-bond donors (Lipinski definition) is 1. The third kappa shape index (κ3) is 4.34. The van der Waals surface area contributed by atoms with Gasteiger partial charge in [0.2, 0.25) is 0 Å². The first kappa shape index (κ1) is 13.2. The van der Waals surface area contributed by atoms with E-state index >= 15 is 0 Å². The summed E-state index contributed by atoms with van der Waals surface area (Å²) in [6.07, 6.45) is -0.542. The molecule has 0 saturated carbocycles. The second-order valence-corrected chi connectivity index (χ2v) is 4.68. The first-order chi connectivity index (χ1) is 7.33. The van der Waals surface area contributed by atoms with E-state index < -0.39 is 11.7 Å². The zero-order valence-electron chi connectivity index (χ0n) is 10.4. The molecule has 0 aromatic heterocycles. The van der Waals surface area contributed by atoms with Crippen LogP contribution in [0.1, 0.15) is 20.8 Å². The molecule has 2 atom stereocenters. The molecule has 1 heterocycles. The van der Waals surface area contributed by atoms with Crippen molar-refractivity contribution in [2.45, 2.75) is 38.7 Å². The standard InChI is InChI=1S/C10H20N2O4/c1-10(2,3)16-9(13)11-6-7-8(15-7)12(4)14-5/h7-8H,6H2,1-5H3,(H,11,13). The second-order valence-electron chi connectivity index (χ2n) is 4.68. The van der Waals surface area contributed by atoms with E-state index in [9.17, 15) is 4.79 Å². The molecule has 0 aliphatic carbocycles. The van der Waals surface area contributed by atoms with Gasteiger partial charge >= 0.3 is 6.09 Å². The lowest BCUT2D eigenvalue weighted by Crippen LogP contribution is -2.35. The quantitative estimate of drug-likeness (QED) is 0.572. The Morgan fingerprint density at radius 3 is 2.62 bits per heavy atom. The van der Waals surface area contributed by atoms with Gasteiger partial charge in [0.15, 0.2) is 6.23 Å². The van der Waals surface area contributed by atoms with Crippen LogP contribution in [0, 0.1) is 0 Å². The third-order valence-electron chi connectivity index (χ3n) is 2.05. The van der Waals surface area contributed by atoms with Crippen molar-refractivity contribution in [3.05, 3.63) is 0 Å². The Bertz CT molecular complexity index is 252. The summed E-state index contributed by atoms with van der Waals surface area (Å²) in [7, 11) is 3.35. The average molecular weight is 232 g/mol.